The first-order valence-electron chi connectivity index (χ1n) is 20.6. The number of aliphatic hydroxyl groups is 2. The van der Waals surface area contributed by atoms with Gasteiger partial charge in [0, 0.05) is 49.7 Å². The maximum Gasteiger partial charge on any atom is 0.245 e. The van der Waals surface area contributed by atoms with Gasteiger partial charge in [-0.05, 0) is 79.0 Å². The average Bonchev–Trinajstić information content (AvgIpc) is 3.26. The van der Waals surface area contributed by atoms with Crippen LogP contribution in [0.3, 0.4) is 0 Å². The fraction of sp³-hybridized carbons (Fsp3) is 0.404. The number of benzene rings is 3. The number of fused-ring (bicyclic) bond motifs is 3. The highest BCUT2D eigenvalue weighted by molar-refractivity contribution is 7.89. The third kappa shape index (κ3) is 8.60. The number of sulfonamides is 1. The van der Waals surface area contributed by atoms with E-state index in [1.54, 1.807) is 43.6 Å². The lowest BCUT2D eigenvalue weighted by atomic mass is 9.55. The number of oxime groups is 1. The first-order chi connectivity index (χ1) is 28.8. The molecule has 1 aromatic heterocycles. The molecule has 3 aromatic carbocycles. The molecule has 59 heavy (non-hydrogen) atoms. The molecule has 1 saturated carbocycles. The number of unbranched alkanes of at least 4 members (excludes halogenated alkanes) is 2. The van der Waals surface area contributed by atoms with Gasteiger partial charge in [0.05, 0.1) is 29.8 Å². The van der Waals surface area contributed by atoms with Crippen LogP contribution in [0.4, 0.5) is 0 Å². The molecule has 3 aliphatic rings. The summed E-state index contributed by atoms with van der Waals surface area (Å²) in [7, 11) is -2.67. The smallest absolute Gasteiger partial charge is 0.245 e. The number of allylic oxidation sites excluding steroid dienone is 1. The highest BCUT2D eigenvalue weighted by Crippen LogP contribution is 2.62. The van der Waals surface area contributed by atoms with Crippen molar-refractivity contribution in [1.82, 2.24) is 9.29 Å². The number of rotatable bonds is 20. The van der Waals surface area contributed by atoms with Crippen molar-refractivity contribution in [2.45, 2.75) is 74.2 Å². The molecule has 2 heterocycles. The minimum Gasteiger partial charge on any atom is -0.490 e. The van der Waals surface area contributed by atoms with Crippen molar-refractivity contribution in [3.05, 3.63) is 133 Å². The standard InChI is InChI=1S/C47H55N3O8S/c1-4-27-55-36-22-23-41-39(30-36)44-37(20-10-12-26-52)35(17-9-11-25-51)29-38-40(49-57-32-33-15-7-6-8-16-33)31-43(47(58-41,45(38)44)56-28-5-2)50(3)59(53,54)42-21-13-18-34-19-14-24-48-46(34)42/h4-8,13-16,18-19,21-24,29-30,35,37,43-45,51-52H,1-2,9-12,17,20,25-28,31-32H2,3H3. The molecule has 312 valence electrons. The Bertz CT molecular complexity index is 2260. The molecule has 0 spiro atoms. The molecule has 6 unspecified atom stereocenters. The highest BCUT2D eigenvalue weighted by Gasteiger charge is 2.65. The van der Waals surface area contributed by atoms with Gasteiger partial charge in [-0.2, -0.15) is 4.31 Å². The summed E-state index contributed by atoms with van der Waals surface area (Å²) in [4.78, 5) is 10.7. The van der Waals surface area contributed by atoms with E-state index >= 15 is 8.42 Å². The van der Waals surface area contributed by atoms with Crippen molar-refractivity contribution in [1.29, 1.82) is 0 Å². The molecule has 0 bridgehead atoms. The van der Waals surface area contributed by atoms with Gasteiger partial charge in [0.15, 0.2) is 0 Å². The summed E-state index contributed by atoms with van der Waals surface area (Å²) < 4.78 is 51.9. The molecule has 2 aliphatic carbocycles. The number of aromatic nitrogens is 1. The second-order valence-corrected chi connectivity index (χ2v) is 17.4. The van der Waals surface area contributed by atoms with Crippen LogP contribution in [-0.4, -0.2) is 78.9 Å². The first-order valence-corrected chi connectivity index (χ1v) is 22.0. The van der Waals surface area contributed by atoms with E-state index in [0.717, 1.165) is 42.4 Å². The van der Waals surface area contributed by atoms with E-state index in [2.05, 4.69) is 24.2 Å². The van der Waals surface area contributed by atoms with E-state index in [4.69, 9.17) is 24.2 Å². The van der Waals surface area contributed by atoms with Crippen LogP contribution < -0.4 is 9.47 Å². The molecular weight excluding hydrogens is 767 g/mol. The van der Waals surface area contributed by atoms with Crippen LogP contribution in [0.1, 0.15) is 62.0 Å². The lowest BCUT2D eigenvalue weighted by Crippen LogP contribution is -2.69. The molecule has 2 N–H and O–H groups in total. The van der Waals surface area contributed by atoms with E-state index in [1.807, 2.05) is 60.7 Å². The number of para-hydroxylation sites is 1. The number of pyridine rings is 1. The predicted molar refractivity (Wildman–Crippen MR) is 229 cm³/mol. The van der Waals surface area contributed by atoms with Crippen molar-refractivity contribution in [3.8, 4) is 11.5 Å². The normalized spacial score (nSPS) is 24.2. The lowest BCUT2D eigenvalue weighted by Gasteiger charge is -2.59. The topological polar surface area (TPSA) is 140 Å². The van der Waals surface area contributed by atoms with Gasteiger partial charge in [-0.3, -0.25) is 4.98 Å². The van der Waals surface area contributed by atoms with Gasteiger partial charge >= 0.3 is 0 Å². The van der Waals surface area contributed by atoms with Crippen LogP contribution in [0.5, 0.6) is 11.5 Å². The SMILES string of the molecule is C=CCOc1ccc2c(c1)C1C(CCCCO)C(CCCCO)C=C3C(=NOCc4ccccc4)CC(N(C)S(=O)(=O)c4cccc5cccnc45)C(OCC=C)(O2)C31. The molecule has 11 nitrogen and oxygen atoms in total. The Morgan fingerprint density at radius 2 is 1.71 bits per heavy atom. The molecule has 1 fully saturated rings. The quantitative estimate of drug-likeness (QED) is 0.0517. The second-order valence-electron chi connectivity index (χ2n) is 15.5. The summed E-state index contributed by atoms with van der Waals surface area (Å²) in [6, 6.07) is 23.4. The molecule has 6 atom stereocenters. The van der Waals surface area contributed by atoms with Gasteiger partial charge in [0.2, 0.25) is 15.8 Å². The summed E-state index contributed by atoms with van der Waals surface area (Å²) in [6.07, 6.45) is 11.8. The summed E-state index contributed by atoms with van der Waals surface area (Å²) >= 11 is 0. The Hall–Kier alpha value is -4.85. The minimum absolute atomic E-state index is 0.0208. The Morgan fingerprint density at radius 3 is 2.47 bits per heavy atom. The number of likely N-dealkylation sites (N-methyl/N-ethyl adjacent to an activating group) is 1. The van der Waals surface area contributed by atoms with E-state index in [9.17, 15) is 10.2 Å². The van der Waals surface area contributed by atoms with Crippen LogP contribution in [0.2, 0.25) is 0 Å². The maximum atomic E-state index is 15.1. The van der Waals surface area contributed by atoms with Crippen molar-refractivity contribution in [3.63, 3.8) is 0 Å². The van der Waals surface area contributed by atoms with Crippen LogP contribution >= 0.6 is 0 Å². The molecule has 0 saturated heterocycles. The molecule has 1 aliphatic heterocycles. The maximum absolute atomic E-state index is 15.1. The Balaban J connectivity index is 1.46. The Morgan fingerprint density at radius 1 is 0.949 bits per heavy atom. The van der Waals surface area contributed by atoms with Gasteiger partial charge < -0.3 is 29.3 Å². The van der Waals surface area contributed by atoms with Gasteiger partial charge in [-0.25, -0.2) is 8.42 Å². The van der Waals surface area contributed by atoms with Crippen molar-refractivity contribution < 1.29 is 37.7 Å². The zero-order valence-electron chi connectivity index (χ0n) is 33.7. The number of ether oxygens (including phenoxy) is 3. The molecule has 0 radical (unpaired) electrons. The number of hydrogen-bond donors (Lipinski definition) is 2. The van der Waals surface area contributed by atoms with Crippen molar-refractivity contribution >= 4 is 26.6 Å². The predicted octanol–water partition coefficient (Wildman–Crippen LogP) is 7.95. The van der Waals surface area contributed by atoms with Crippen LogP contribution in [-0.2, 0) is 26.2 Å². The molecule has 7 rings (SSSR count). The van der Waals surface area contributed by atoms with E-state index in [0.29, 0.717) is 47.6 Å². The molecule has 12 heteroatoms. The van der Waals surface area contributed by atoms with Gasteiger partial charge in [-0.15, -0.1) is 6.58 Å². The van der Waals surface area contributed by atoms with Gasteiger partial charge in [-0.1, -0.05) is 91.3 Å². The summed E-state index contributed by atoms with van der Waals surface area (Å²) in [5.41, 5.74) is 3.74. The van der Waals surface area contributed by atoms with Gasteiger partial charge in [0.25, 0.3) is 0 Å². The minimum atomic E-state index is -4.25. The second kappa shape index (κ2) is 19.0. The van der Waals surface area contributed by atoms with E-state index in [1.165, 1.54) is 4.31 Å². The fourth-order valence-corrected chi connectivity index (χ4v) is 10.8. The van der Waals surface area contributed by atoms with Crippen LogP contribution in [0, 0.1) is 17.8 Å². The van der Waals surface area contributed by atoms with Crippen molar-refractivity contribution in [2.24, 2.45) is 22.9 Å². The summed E-state index contributed by atoms with van der Waals surface area (Å²) in [5.74, 6) is -1.06. The molecular formula is C47H55N3O8S. The van der Waals surface area contributed by atoms with E-state index in [-0.39, 0.29) is 55.5 Å². The average molecular weight is 822 g/mol. The van der Waals surface area contributed by atoms with E-state index < -0.39 is 27.8 Å². The lowest BCUT2D eigenvalue weighted by molar-refractivity contribution is -0.250. The zero-order valence-corrected chi connectivity index (χ0v) is 34.5. The molecule has 4 aromatic rings. The largest absolute Gasteiger partial charge is 0.490 e. The van der Waals surface area contributed by atoms with Crippen LogP contribution in [0.25, 0.3) is 10.9 Å². The number of nitrogens with zero attached hydrogens (tertiary/aromatic N) is 3. The Kier molecular flexibility index (Phi) is 13.6. The first kappa shape index (κ1) is 42.3. The number of aliphatic hydroxyl groups excluding tert-OH is 2. The highest BCUT2D eigenvalue weighted by atomic mass is 32.2. The zero-order chi connectivity index (χ0) is 41.4. The summed E-state index contributed by atoms with van der Waals surface area (Å²) in [6.45, 7) is 8.62. The van der Waals surface area contributed by atoms with Crippen molar-refractivity contribution in [2.75, 3.05) is 33.5 Å². The number of hydrogen-bond acceptors (Lipinski definition) is 10. The summed E-state index contributed by atoms with van der Waals surface area (Å²) in [5, 5.41) is 25.3. The molecule has 0 amide bonds. The third-order valence-electron chi connectivity index (χ3n) is 12.0. The fourth-order valence-electron chi connectivity index (χ4n) is 9.31. The Labute approximate surface area is 347 Å². The monoisotopic (exact) mass is 821 g/mol. The van der Waals surface area contributed by atoms with Crippen LogP contribution in [0.15, 0.2) is 132 Å². The third-order valence-corrected chi connectivity index (χ3v) is 13.9. The van der Waals surface area contributed by atoms with Gasteiger partial charge in [0.1, 0.15) is 29.6 Å².